The minimum Gasteiger partial charge on any atom is -0.302 e. The first-order valence-corrected chi connectivity index (χ1v) is 7.39. The second-order valence-corrected chi connectivity index (χ2v) is 6.32. The summed E-state index contributed by atoms with van der Waals surface area (Å²) < 4.78 is 14.2. The number of nitrogens with one attached hydrogen (secondary N) is 1. The standard InChI is InChI=1S/C16H26FN3/c1-12-7-6-10-16(11-12,20(2)3)15(19-18)13-8-4-5-9-14(13)17/h4-5,8-9,12,15,19H,6-7,10-11,18H2,1-3H3. The summed E-state index contributed by atoms with van der Waals surface area (Å²) >= 11 is 0. The highest BCUT2D eigenvalue weighted by Gasteiger charge is 2.44. The van der Waals surface area contributed by atoms with Gasteiger partial charge in [-0.1, -0.05) is 38.0 Å². The Kier molecular flexibility index (Phi) is 4.78. The molecule has 0 radical (unpaired) electrons. The molecule has 0 bridgehead atoms. The largest absolute Gasteiger partial charge is 0.302 e. The number of hydrazine groups is 1. The first kappa shape index (κ1) is 15.4. The molecule has 0 spiro atoms. The number of nitrogens with zero attached hydrogens (tertiary/aromatic N) is 1. The van der Waals surface area contributed by atoms with Crippen molar-refractivity contribution in [3.63, 3.8) is 0 Å². The van der Waals surface area contributed by atoms with E-state index in [1.165, 1.54) is 12.5 Å². The second kappa shape index (κ2) is 6.20. The number of nitrogens with two attached hydrogens (primary N) is 1. The summed E-state index contributed by atoms with van der Waals surface area (Å²) in [6.07, 6.45) is 4.47. The van der Waals surface area contributed by atoms with Crippen LogP contribution in [0.1, 0.15) is 44.2 Å². The van der Waals surface area contributed by atoms with E-state index in [9.17, 15) is 4.39 Å². The van der Waals surface area contributed by atoms with E-state index in [0.29, 0.717) is 11.5 Å². The average Bonchev–Trinajstić information content (AvgIpc) is 2.41. The Morgan fingerprint density at radius 3 is 2.65 bits per heavy atom. The summed E-state index contributed by atoms with van der Waals surface area (Å²) in [6.45, 7) is 2.27. The molecule has 3 N–H and O–H groups in total. The van der Waals surface area contributed by atoms with Crippen LogP contribution in [0.4, 0.5) is 4.39 Å². The van der Waals surface area contributed by atoms with Crippen LogP contribution in [0.25, 0.3) is 0 Å². The van der Waals surface area contributed by atoms with Crippen molar-refractivity contribution in [3.8, 4) is 0 Å². The summed E-state index contributed by atoms with van der Waals surface area (Å²) in [7, 11) is 4.15. The third-order valence-corrected chi connectivity index (χ3v) is 4.82. The topological polar surface area (TPSA) is 41.3 Å². The van der Waals surface area contributed by atoms with Crippen molar-refractivity contribution in [1.29, 1.82) is 0 Å². The Morgan fingerprint density at radius 1 is 1.40 bits per heavy atom. The van der Waals surface area contributed by atoms with Gasteiger partial charge in [0, 0.05) is 11.1 Å². The van der Waals surface area contributed by atoms with Gasteiger partial charge in [0.05, 0.1) is 6.04 Å². The van der Waals surface area contributed by atoms with Crippen LogP contribution < -0.4 is 11.3 Å². The highest BCUT2D eigenvalue weighted by molar-refractivity contribution is 5.25. The lowest BCUT2D eigenvalue weighted by molar-refractivity contribution is 0.0354. The molecule has 3 atom stereocenters. The normalized spacial score (nSPS) is 28.6. The first-order chi connectivity index (χ1) is 9.51. The monoisotopic (exact) mass is 279 g/mol. The minimum atomic E-state index is -0.193. The van der Waals surface area contributed by atoms with Crippen LogP contribution in [-0.4, -0.2) is 24.5 Å². The molecule has 1 aromatic carbocycles. The summed E-state index contributed by atoms with van der Waals surface area (Å²) in [5.74, 6) is 6.28. The van der Waals surface area contributed by atoms with Gasteiger partial charge in [-0.05, 0) is 38.9 Å². The Bertz CT molecular complexity index is 449. The molecular weight excluding hydrogens is 253 g/mol. The number of hydrogen-bond acceptors (Lipinski definition) is 3. The van der Waals surface area contributed by atoms with Crippen molar-refractivity contribution in [1.82, 2.24) is 10.3 Å². The third kappa shape index (κ3) is 2.73. The predicted molar refractivity (Wildman–Crippen MR) is 80.5 cm³/mol. The Hall–Kier alpha value is -0.970. The molecule has 0 aliphatic heterocycles. The molecule has 0 saturated heterocycles. The van der Waals surface area contributed by atoms with Crippen molar-refractivity contribution < 1.29 is 4.39 Å². The van der Waals surface area contributed by atoms with Crippen LogP contribution in [0.3, 0.4) is 0 Å². The van der Waals surface area contributed by atoms with E-state index in [2.05, 4.69) is 31.3 Å². The highest BCUT2D eigenvalue weighted by atomic mass is 19.1. The SMILES string of the molecule is CC1CCCC(C(NN)c2ccccc2F)(N(C)C)C1. The molecule has 4 heteroatoms. The van der Waals surface area contributed by atoms with Crippen molar-refractivity contribution >= 4 is 0 Å². The number of benzene rings is 1. The van der Waals surface area contributed by atoms with Crippen molar-refractivity contribution in [2.75, 3.05) is 14.1 Å². The molecule has 0 amide bonds. The van der Waals surface area contributed by atoms with Crippen molar-refractivity contribution in [3.05, 3.63) is 35.6 Å². The minimum absolute atomic E-state index is 0.130. The molecule has 112 valence electrons. The third-order valence-electron chi connectivity index (χ3n) is 4.82. The summed E-state index contributed by atoms with van der Waals surface area (Å²) in [5, 5.41) is 0. The Morgan fingerprint density at radius 2 is 2.10 bits per heavy atom. The van der Waals surface area contributed by atoms with Gasteiger partial charge in [0.15, 0.2) is 0 Å². The summed E-state index contributed by atoms with van der Waals surface area (Å²) in [6, 6.07) is 6.75. The van der Waals surface area contributed by atoms with Gasteiger partial charge in [-0.2, -0.15) is 0 Å². The van der Waals surface area contributed by atoms with Gasteiger partial charge in [0.1, 0.15) is 5.82 Å². The van der Waals surface area contributed by atoms with Gasteiger partial charge < -0.3 is 4.90 Å². The lowest BCUT2D eigenvalue weighted by atomic mass is 9.69. The van der Waals surface area contributed by atoms with E-state index in [-0.39, 0.29) is 17.4 Å². The smallest absolute Gasteiger partial charge is 0.128 e. The number of rotatable bonds is 4. The molecule has 3 nitrogen and oxygen atoms in total. The van der Waals surface area contributed by atoms with E-state index in [0.717, 1.165) is 19.3 Å². The fourth-order valence-electron chi connectivity index (χ4n) is 3.73. The zero-order valence-corrected chi connectivity index (χ0v) is 12.7. The fraction of sp³-hybridized carbons (Fsp3) is 0.625. The molecule has 1 aliphatic carbocycles. The maximum absolute atomic E-state index is 14.2. The number of likely N-dealkylation sites (N-methyl/N-ethyl adjacent to an activating group) is 1. The Labute approximate surface area is 121 Å². The number of hydrogen-bond donors (Lipinski definition) is 2. The molecule has 0 aromatic heterocycles. The maximum Gasteiger partial charge on any atom is 0.128 e. The first-order valence-electron chi connectivity index (χ1n) is 7.39. The molecule has 1 aliphatic rings. The lowest BCUT2D eigenvalue weighted by Gasteiger charge is -2.50. The van der Waals surface area contributed by atoms with Gasteiger partial charge in [-0.25, -0.2) is 4.39 Å². The zero-order chi connectivity index (χ0) is 14.8. The fourth-order valence-corrected chi connectivity index (χ4v) is 3.73. The quantitative estimate of drug-likeness (QED) is 0.658. The van der Waals surface area contributed by atoms with Gasteiger partial charge in [-0.15, -0.1) is 0 Å². The van der Waals surface area contributed by atoms with Crippen LogP contribution in [0.5, 0.6) is 0 Å². The van der Waals surface area contributed by atoms with Crippen LogP contribution >= 0.6 is 0 Å². The van der Waals surface area contributed by atoms with E-state index in [1.54, 1.807) is 6.07 Å². The second-order valence-electron chi connectivity index (χ2n) is 6.32. The highest BCUT2D eigenvalue weighted by Crippen LogP contribution is 2.44. The number of halogens is 1. The molecular formula is C16H26FN3. The molecule has 0 heterocycles. The van der Waals surface area contributed by atoms with Gasteiger partial charge in [-0.3, -0.25) is 11.3 Å². The molecule has 2 rings (SSSR count). The van der Waals surface area contributed by atoms with Crippen LogP contribution in [-0.2, 0) is 0 Å². The van der Waals surface area contributed by atoms with E-state index >= 15 is 0 Å². The molecule has 1 saturated carbocycles. The van der Waals surface area contributed by atoms with Crippen molar-refractivity contribution in [2.24, 2.45) is 11.8 Å². The molecule has 1 aromatic rings. The molecule has 20 heavy (non-hydrogen) atoms. The van der Waals surface area contributed by atoms with Gasteiger partial charge in [0.25, 0.3) is 0 Å². The van der Waals surface area contributed by atoms with E-state index in [1.807, 2.05) is 12.1 Å². The molecule has 3 unspecified atom stereocenters. The maximum atomic E-state index is 14.2. The van der Waals surface area contributed by atoms with E-state index in [4.69, 9.17) is 5.84 Å². The lowest BCUT2D eigenvalue weighted by Crippen LogP contribution is -2.57. The predicted octanol–water partition coefficient (Wildman–Crippen LogP) is 2.84. The zero-order valence-electron chi connectivity index (χ0n) is 12.7. The summed E-state index contributed by atoms with van der Waals surface area (Å²) in [4.78, 5) is 2.22. The summed E-state index contributed by atoms with van der Waals surface area (Å²) in [5.41, 5.74) is 3.42. The van der Waals surface area contributed by atoms with Gasteiger partial charge in [0.2, 0.25) is 0 Å². The molecule has 1 fully saturated rings. The van der Waals surface area contributed by atoms with Gasteiger partial charge >= 0.3 is 0 Å². The average molecular weight is 279 g/mol. The van der Waals surface area contributed by atoms with Crippen LogP contribution in [0.15, 0.2) is 24.3 Å². The van der Waals surface area contributed by atoms with Crippen molar-refractivity contribution in [2.45, 2.75) is 44.2 Å². The van der Waals surface area contributed by atoms with E-state index < -0.39 is 0 Å². The Balaban J connectivity index is 2.43. The van der Waals surface area contributed by atoms with Crippen LogP contribution in [0, 0.1) is 11.7 Å². The van der Waals surface area contributed by atoms with Crippen LogP contribution in [0.2, 0.25) is 0 Å².